The van der Waals surface area contributed by atoms with Crippen molar-refractivity contribution in [3.8, 4) is 0 Å². The molecule has 6 nitrogen and oxygen atoms in total. The fourth-order valence-electron chi connectivity index (χ4n) is 2.84. The summed E-state index contributed by atoms with van der Waals surface area (Å²) >= 11 is 0. The Morgan fingerprint density at radius 3 is 2.33 bits per heavy atom. The molecule has 0 spiro atoms. The predicted molar refractivity (Wildman–Crippen MR) is 76.4 cm³/mol. The zero-order chi connectivity index (χ0) is 14.8. The number of nitrogens with one attached hydrogen (secondary N) is 3. The van der Waals surface area contributed by atoms with Gasteiger partial charge in [-0.2, -0.15) is 0 Å². The molecule has 3 rings (SSSR count). The van der Waals surface area contributed by atoms with Crippen LogP contribution < -0.4 is 16.0 Å². The minimum atomic E-state index is -0.655. The molecular weight excluding hydrogens is 270 g/mol. The Balaban J connectivity index is 1.65. The summed E-state index contributed by atoms with van der Waals surface area (Å²) in [5, 5.41) is 7.62. The number of imide groups is 1. The molecule has 1 aromatic carbocycles. The first kappa shape index (κ1) is 13.6. The Bertz CT molecular complexity index is 576. The van der Waals surface area contributed by atoms with Crippen molar-refractivity contribution < 1.29 is 14.4 Å². The standard InChI is InChI=1S/C15H17N3O3/c19-13(10-3-1-2-4-10)16-11-7-5-9(6-8-11)12-14(20)18-15(21)17-12/h5-8,10,12H,1-4H2,(H,16,19)(H2,17,18,20,21). The normalized spacial score (nSPS) is 22.0. The van der Waals surface area contributed by atoms with Gasteiger partial charge in [0.05, 0.1) is 0 Å². The van der Waals surface area contributed by atoms with Crippen LogP contribution >= 0.6 is 0 Å². The van der Waals surface area contributed by atoms with Gasteiger partial charge in [0.1, 0.15) is 6.04 Å². The lowest BCUT2D eigenvalue weighted by Gasteiger charge is -2.12. The fraction of sp³-hybridized carbons (Fsp3) is 0.400. The highest BCUT2D eigenvalue weighted by Crippen LogP contribution is 2.26. The van der Waals surface area contributed by atoms with E-state index in [2.05, 4.69) is 16.0 Å². The number of benzene rings is 1. The third-order valence-electron chi connectivity index (χ3n) is 4.01. The molecule has 0 aromatic heterocycles. The zero-order valence-corrected chi connectivity index (χ0v) is 11.5. The second kappa shape index (κ2) is 5.55. The van der Waals surface area contributed by atoms with Crippen LogP contribution in [0.5, 0.6) is 0 Å². The van der Waals surface area contributed by atoms with E-state index < -0.39 is 12.1 Å². The van der Waals surface area contributed by atoms with Gasteiger partial charge in [-0.3, -0.25) is 14.9 Å². The molecule has 2 aliphatic rings. The van der Waals surface area contributed by atoms with Gasteiger partial charge in [-0.25, -0.2) is 4.79 Å². The Kier molecular flexibility index (Phi) is 3.60. The lowest BCUT2D eigenvalue weighted by molar-refractivity contribution is -0.120. The van der Waals surface area contributed by atoms with E-state index in [-0.39, 0.29) is 17.7 Å². The zero-order valence-electron chi connectivity index (χ0n) is 11.5. The van der Waals surface area contributed by atoms with Crippen molar-refractivity contribution in [1.82, 2.24) is 10.6 Å². The summed E-state index contributed by atoms with van der Waals surface area (Å²) in [6.07, 6.45) is 4.15. The Labute approximate surface area is 122 Å². The van der Waals surface area contributed by atoms with Crippen LogP contribution in [0.25, 0.3) is 0 Å². The maximum Gasteiger partial charge on any atom is 0.322 e. The van der Waals surface area contributed by atoms with Crippen molar-refractivity contribution in [3.05, 3.63) is 29.8 Å². The topological polar surface area (TPSA) is 87.3 Å². The summed E-state index contributed by atoms with van der Waals surface area (Å²) in [4.78, 5) is 34.7. The molecule has 1 unspecified atom stereocenters. The number of carbonyl (C=O) groups excluding carboxylic acids is 3. The van der Waals surface area contributed by atoms with Gasteiger partial charge >= 0.3 is 6.03 Å². The highest BCUT2D eigenvalue weighted by Gasteiger charge is 2.30. The molecule has 0 bridgehead atoms. The van der Waals surface area contributed by atoms with Gasteiger partial charge in [0.2, 0.25) is 5.91 Å². The maximum atomic E-state index is 12.0. The van der Waals surface area contributed by atoms with Gasteiger partial charge in [-0.15, -0.1) is 0 Å². The van der Waals surface area contributed by atoms with Crippen molar-refractivity contribution in [2.45, 2.75) is 31.7 Å². The molecule has 2 fully saturated rings. The number of amides is 4. The largest absolute Gasteiger partial charge is 0.326 e. The van der Waals surface area contributed by atoms with E-state index in [9.17, 15) is 14.4 Å². The van der Waals surface area contributed by atoms with Gasteiger partial charge in [-0.05, 0) is 30.5 Å². The third kappa shape index (κ3) is 2.89. The first-order chi connectivity index (χ1) is 10.1. The highest BCUT2D eigenvalue weighted by atomic mass is 16.2. The van der Waals surface area contributed by atoms with Crippen LogP contribution in [0.15, 0.2) is 24.3 Å². The lowest BCUT2D eigenvalue weighted by Crippen LogP contribution is -2.22. The monoisotopic (exact) mass is 287 g/mol. The molecule has 1 saturated carbocycles. The van der Waals surface area contributed by atoms with E-state index in [4.69, 9.17) is 0 Å². The van der Waals surface area contributed by atoms with E-state index in [0.717, 1.165) is 25.7 Å². The molecule has 0 radical (unpaired) electrons. The second-order valence-electron chi connectivity index (χ2n) is 5.49. The molecule has 110 valence electrons. The Morgan fingerprint density at radius 1 is 1.10 bits per heavy atom. The number of urea groups is 1. The van der Waals surface area contributed by atoms with Crippen molar-refractivity contribution in [3.63, 3.8) is 0 Å². The molecule has 1 aliphatic heterocycles. The fourth-order valence-corrected chi connectivity index (χ4v) is 2.84. The van der Waals surface area contributed by atoms with Crippen LogP contribution in [0.3, 0.4) is 0 Å². The van der Waals surface area contributed by atoms with E-state index in [1.807, 2.05) is 0 Å². The van der Waals surface area contributed by atoms with E-state index >= 15 is 0 Å². The summed E-state index contributed by atoms with van der Waals surface area (Å²) in [7, 11) is 0. The van der Waals surface area contributed by atoms with E-state index in [0.29, 0.717) is 11.3 Å². The van der Waals surface area contributed by atoms with Crippen LogP contribution in [-0.4, -0.2) is 17.8 Å². The maximum absolute atomic E-state index is 12.0. The summed E-state index contributed by atoms with van der Waals surface area (Å²) in [5.74, 6) is -0.181. The molecule has 1 heterocycles. The van der Waals surface area contributed by atoms with Crippen molar-refractivity contribution >= 4 is 23.5 Å². The first-order valence-electron chi connectivity index (χ1n) is 7.15. The quantitative estimate of drug-likeness (QED) is 0.739. The summed E-state index contributed by atoms with van der Waals surface area (Å²) < 4.78 is 0. The summed E-state index contributed by atoms with van der Waals surface area (Å²) in [5.41, 5.74) is 1.40. The third-order valence-corrected chi connectivity index (χ3v) is 4.01. The lowest BCUT2D eigenvalue weighted by atomic mass is 10.1. The van der Waals surface area contributed by atoms with Crippen LogP contribution in [0.1, 0.15) is 37.3 Å². The minimum Gasteiger partial charge on any atom is -0.326 e. The molecule has 6 heteroatoms. The van der Waals surface area contributed by atoms with E-state index in [1.54, 1.807) is 24.3 Å². The number of hydrogen-bond donors (Lipinski definition) is 3. The van der Waals surface area contributed by atoms with Crippen LogP contribution in [0.4, 0.5) is 10.5 Å². The number of carbonyl (C=O) groups is 3. The van der Waals surface area contributed by atoms with Crippen LogP contribution in [0.2, 0.25) is 0 Å². The Morgan fingerprint density at radius 2 is 1.76 bits per heavy atom. The Hall–Kier alpha value is -2.37. The molecule has 3 N–H and O–H groups in total. The molecule has 4 amide bonds. The van der Waals surface area contributed by atoms with Crippen molar-refractivity contribution in [2.24, 2.45) is 5.92 Å². The average Bonchev–Trinajstić information content (AvgIpc) is 3.09. The SMILES string of the molecule is O=C1NC(=O)C(c2ccc(NC(=O)C3CCCC3)cc2)N1. The highest BCUT2D eigenvalue weighted by molar-refractivity contribution is 6.04. The van der Waals surface area contributed by atoms with Crippen LogP contribution in [0, 0.1) is 5.92 Å². The van der Waals surface area contributed by atoms with Crippen molar-refractivity contribution in [1.29, 1.82) is 0 Å². The van der Waals surface area contributed by atoms with E-state index in [1.165, 1.54) is 0 Å². The van der Waals surface area contributed by atoms with Gasteiger partial charge < -0.3 is 10.6 Å². The van der Waals surface area contributed by atoms with Crippen LogP contribution in [-0.2, 0) is 9.59 Å². The minimum absolute atomic E-state index is 0.0622. The summed E-state index contributed by atoms with van der Waals surface area (Å²) in [6, 6.07) is 5.83. The van der Waals surface area contributed by atoms with Gasteiger partial charge in [-0.1, -0.05) is 25.0 Å². The predicted octanol–water partition coefficient (Wildman–Crippen LogP) is 1.70. The van der Waals surface area contributed by atoms with Gasteiger partial charge in [0.15, 0.2) is 0 Å². The average molecular weight is 287 g/mol. The summed E-state index contributed by atoms with van der Waals surface area (Å²) in [6.45, 7) is 0. The number of rotatable bonds is 3. The molecule has 1 aliphatic carbocycles. The second-order valence-corrected chi connectivity index (χ2v) is 5.49. The molecular formula is C15H17N3O3. The van der Waals surface area contributed by atoms with Crippen molar-refractivity contribution in [2.75, 3.05) is 5.32 Å². The molecule has 1 saturated heterocycles. The number of hydrogen-bond acceptors (Lipinski definition) is 3. The molecule has 21 heavy (non-hydrogen) atoms. The first-order valence-corrected chi connectivity index (χ1v) is 7.15. The van der Waals surface area contributed by atoms with Gasteiger partial charge in [0, 0.05) is 11.6 Å². The smallest absolute Gasteiger partial charge is 0.322 e. The van der Waals surface area contributed by atoms with Gasteiger partial charge in [0.25, 0.3) is 5.91 Å². The molecule has 1 atom stereocenters. The molecule has 1 aromatic rings. The number of anilines is 1.